The molecule has 0 spiro atoms. The molecule has 3 aromatic rings. The summed E-state index contributed by atoms with van der Waals surface area (Å²) in [6, 6.07) is 1.49. The lowest BCUT2D eigenvalue weighted by Crippen LogP contribution is -2.46. The molecule has 3 N–H and O–H groups in total. The third-order valence-electron chi connectivity index (χ3n) is 6.98. The topological polar surface area (TPSA) is 101 Å². The first kappa shape index (κ1) is 24.3. The zero-order valence-corrected chi connectivity index (χ0v) is 19.5. The number of halogens is 5. The first-order valence-electron chi connectivity index (χ1n) is 11.4. The Kier molecular flexibility index (Phi) is 5.85. The van der Waals surface area contributed by atoms with Gasteiger partial charge >= 0.3 is 6.18 Å². The van der Waals surface area contributed by atoms with Crippen LogP contribution in [0.15, 0.2) is 18.5 Å². The molecule has 13 heteroatoms. The molecule has 0 bridgehead atoms. The molecule has 1 aliphatic carbocycles. The van der Waals surface area contributed by atoms with Crippen molar-refractivity contribution in [3.63, 3.8) is 0 Å². The molecule has 0 aromatic carbocycles. The van der Waals surface area contributed by atoms with Crippen molar-refractivity contribution in [1.82, 2.24) is 29.8 Å². The predicted molar refractivity (Wildman–Crippen MR) is 121 cm³/mol. The third kappa shape index (κ3) is 4.14. The molecule has 2 aliphatic rings. The zero-order chi connectivity index (χ0) is 25.9. The fourth-order valence-electron chi connectivity index (χ4n) is 4.98. The molecular weight excluding hydrogens is 485 g/mol. The Morgan fingerprint density at radius 2 is 1.86 bits per heavy atom. The average molecular weight is 509 g/mol. The molecule has 0 unspecified atom stereocenters. The first-order valence-corrected chi connectivity index (χ1v) is 11.4. The summed E-state index contributed by atoms with van der Waals surface area (Å²) >= 11 is 0. The fourth-order valence-corrected chi connectivity index (χ4v) is 4.98. The molecule has 1 saturated carbocycles. The number of anilines is 1. The number of aromatic nitrogens is 4. The van der Waals surface area contributed by atoms with E-state index in [4.69, 9.17) is 5.73 Å². The molecule has 1 amide bonds. The second-order valence-electron chi connectivity index (χ2n) is 9.37. The number of carbonyl (C=O) groups excluding carboxylic acids is 1. The number of likely N-dealkylation sites (tertiary alicyclic amines) is 1. The van der Waals surface area contributed by atoms with Crippen LogP contribution in [0.5, 0.6) is 0 Å². The van der Waals surface area contributed by atoms with E-state index in [2.05, 4.69) is 20.4 Å². The summed E-state index contributed by atoms with van der Waals surface area (Å²) in [6.45, 7) is 3.55. The lowest BCUT2D eigenvalue weighted by molar-refractivity contribution is -0.136. The van der Waals surface area contributed by atoms with Crippen LogP contribution in [-0.2, 0) is 6.18 Å². The number of nitrogens with zero attached hydrogens (tertiary/aromatic N) is 5. The smallest absolute Gasteiger partial charge is 0.382 e. The number of hydrogen-bond donors (Lipinski definition) is 2. The Labute approximate surface area is 202 Å². The van der Waals surface area contributed by atoms with Crippen LogP contribution in [0.1, 0.15) is 40.2 Å². The van der Waals surface area contributed by atoms with Crippen molar-refractivity contribution in [2.24, 2.45) is 0 Å². The van der Waals surface area contributed by atoms with Gasteiger partial charge in [0, 0.05) is 30.4 Å². The van der Waals surface area contributed by atoms with Gasteiger partial charge in [-0.3, -0.25) is 14.7 Å². The standard InChI is InChI=1S/C23H24F5N7O/c1-10-14(19-6-16(23(26,27)28)20-21(29)30-9-31-35(19)20)5-15(11(2)32-10)22(36)33-18-8-34(7-17(18)25)13-3-12(24)4-13/h5-6,9,12-13,17-18H,3-4,7-8H2,1-2H3,(H,33,36)(H2,29,30,31)/t12?,13?,17-,18+/m0/s1. The van der Waals surface area contributed by atoms with Crippen LogP contribution in [-0.4, -0.2) is 67.9 Å². The van der Waals surface area contributed by atoms with Crippen LogP contribution in [0.2, 0.25) is 0 Å². The van der Waals surface area contributed by atoms with Crippen molar-refractivity contribution in [3.05, 3.63) is 41.0 Å². The molecule has 8 nitrogen and oxygen atoms in total. The van der Waals surface area contributed by atoms with E-state index in [1.54, 1.807) is 13.8 Å². The van der Waals surface area contributed by atoms with Crippen molar-refractivity contribution < 1.29 is 26.7 Å². The number of fused-ring (bicyclic) bond motifs is 1. The highest BCUT2D eigenvalue weighted by Crippen LogP contribution is 2.39. The maximum Gasteiger partial charge on any atom is 0.418 e. The van der Waals surface area contributed by atoms with E-state index in [-0.39, 0.29) is 41.8 Å². The minimum absolute atomic E-state index is 0.0329. The van der Waals surface area contributed by atoms with E-state index in [0.29, 0.717) is 24.2 Å². The molecule has 192 valence electrons. The van der Waals surface area contributed by atoms with Crippen LogP contribution in [0, 0.1) is 13.8 Å². The van der Waals surface area contributed by atoms with Gasteiger partial charge in [-0.05, 0) is 38.8 Å². The van der Waals surface area contributed by atoms with Crippen LogP contribution < -0.4 is 11.1 Å². The molecule has 36 heavy (non-hydrogen) atoms. The summed E-state index contributed by atoms with van der Waals surface area (Å²) in [7, 11) is 0. The van der Waals surface area contributed by atoms with Crippen molar-refractivity contribution in [2.45, 2.75) is 57.3 Å². The number of carbonyl (C=O) groups is 1. The number of alkyl halides is 5. The second-order valence-corrected chi connectivity index (χ2v) is 9.37. The molecule has 1 saturated heterocycles. The van der Waals surface area contributed by atoms with Crippen molar-refractivity contribution >= 4 is 17.2 Å². The van der Waals surface area contributed by atoms with Gasteiger partial charge in [-0.2, -0.15) is 18.3 Å². The summed E-state index contributed by atoms with van der Waals surface area (Å²) in [5.41, 5.74) is 5.40. The van der Waals surface area contributed by atoms with Gasteiger partial charge in [-0.1, -0.05) is 0 Å². The van der Waals surface area contributed by atoms with E-state index in [0.717, 1.165) is 16.9 Å². The van der Waals surface area contributed by atoms with Crippen LogP contribution in [0.4, 0.5) is 27.8 Å². The Balaban J connectivity index is 1.47. The monoisotopic (exact) mass is 509 g/mol. The minimum Gasteiger partial charge on any atom is -0.382 e. The number of nitrogen functional groups attached to an aromatic ring is 1. The van der Waals surface area contributed by atoms with Gasteiger partial charge in [0.25, 0.3) is 5.91 Å². The van der Waals surface area contributed by atoms with Crippen LogP contribution in [0.3, 0.4) is 0 Å². The van der Waals surface area contributed by atoms with E-state index >= 15 is 0 Å². The van der Waals surface area contributed by atoms with E-state index < -0.39 is 41.5 Å². The molecular formula is C23H24F5N7O. The summed E-state index contributed by atoms with van der Waals surface area (Å²) in [6.07, 6.45) is -5.16. The fraction of sp³-hybridized carbons (Fsp3) is 0.478. The first-order chi connectivity index (χ1) is 16.9. The number of nitrogens with two attached hydrogens (primary N) is 1. The number of pyridine rings is 1. The molecule has 3 aromatic heterocycles. The maximum atomic E-state index is 14.7. The van der Waals surface area contributed by atoms with Crippen molar-refractivity contribution in [2.75, 3.05) is 18.8 Å². The molecule has 5 rings (SSSR count). The highest BCUT2D eigenvalue weighted by atomic mass is 19.4. The largest absolute Gasteiger partial charge is 0.418 e. The minimum atomic E-state index is -4.72. The lowest BCUT2D eigenvalue weighted by Gasteiger charge is -2.37. The molecule has 0 radical (unpaired) electrons. The van der Waals surface area contributed by atoms with Gasteiger partial charge in [0.15, 0.2) is 5.82 Å². The summed E-state index contributed by atoms with van der Waals surface area (Å²) in [5.74, 6) is -0.941. The number of nitrogens with one attached hydrogen (secondary N) is 1. The highest BCUT2D eigenvalue weighted by Gasteiger charge is 2.42. The molecule has 2 atom stereocenters. The SMILES string of the molecule is Cc1nc(C)c(-c2cc(C(F)(F)F)c3c(N)ncnn23)cc1C(=O)N[C@@H]1CN(C2CC(F)C2)C[C@@H]1F. The summed E-state index contributed by atoms with van der Waals surface area (Å²) in [5, 5.41) is 6.62. The molecule has 2 fully saturated rings. The van der Waals surface area contributed by atoms with Crippen LogP contribution in [0.25, 0.3) is 16.8 Å². The highest BCUT2D eigenvalue weighted by molar-refractivity contribution is 5.97. The lowest BCUT2D eigenvalue weighted by atomic mass is 9.89. The van der Waals surface area contributed by atoms with E-state index in [1.807, 2.05) is 4.90 Å². The van der Waals surface area contributed by atoms with E-state index in [1.165, 1.54) is 6.07 Å². The third-order valence-corrected chi connectivity index (χ3v) is 6.98. The Bertz CT molecular complexity index is 1330. The van der Waals surface area contributed by atoms with Gasteiger partial charge < -0.3 is 11.1 Å². The Morgan fingerprint density at radius 3 is 2.53 bits per heavy atom. The average Bonchev–Trinajstić information content (AvgIpc) is 3.33. The molecule has 1 aliphatic heterocycles. The zero-order valence-electron chi connectivity index (χ0n) is 19.5. The van der Waals surface area contributed by atoms with Gasteiger partial charge in [-0.15, -0.1) is 0 Å². The van der Waals surface area contributed by atoms with Gasteiger partial charge in [0.2, 0.25) is 0 Å². The second kappa shape index (κ2) is 8.64. The predicted octanol–water partition coefficient (Wildman–Crippen LogP) is 3.26. The number of aryl methyl sites for hydroxylation is 2. The number of amides is 1. The summed E-state index contributed by atoms with van der Waals surface area (Å²) in [4.78, 5) is 23.0. The van der Waals surface area contributed by atoms with E-state index in [9.17, 15) is 26.7 Å². The van der Waals surface area contributed by atoms with Gasteiger partial charge in [-0.25, -0.2) is 18.3 Å². The van der Waals surface area contributed by atoms with Gasteiger partial charge in [0.1, 0.15) is 24.2 Å². The van der Waals surface area contributed by atoms with Crippen molar-refractivity contribution in [3.8, 4) is 11.3 Å². The normalized spacial score (nSPS) is 24.8. The van der Waals surface area contributed by atoms with Gasteiger partial charge in [0.05, 0.1) is 28.6 Å². The van der Waals surface area contributed by atoms with Crippen LogP contribution >= 0.6 is 0 Å². The Hall–Kier alpha value is -3.35. The quantitative estimate of drug-likeness (QED) is 0.524. The maximum absolute atomic E-state index is 14.7. The molecule has 4 heterocycles. The number of hydrogen-bond acceptors (Lipinski definition) is 6. The number of rotatable bonds is 4. The summed E-state index contributed by atoms with van der Waals surface area (Å²) < 4.78 is 70.1. The van der Waals surface area contributed by atoms with Crippen molar-refractivity contribution in [1.29, 1.82) is 0 Å². The Morgan fingerprint density at radius 1 is 1.14 bits per heavy atom.